The Morgan fingerprint density at radius 1 is 1.54 bits per heavy atom. The van der Waals surface area contributed by atoms with Gasteiger partial charge in [-0.2, -0.15) is 0 Å². The summed E-state index contributed by atoms with van der Waals surface area (Å²) < 4.78 is 5.08. The summed E-state index contributed by atoms with van der Waals surface area (Å²) in [4.78, 5) is 11.0. The van der Waals surface area contributed by atoms with Crippen LogP contribution in [0.1, 0.15) is 19.8 Å². The lowest BCUT2D eigenvalue weighted by Crippen LogP contribution is -2.30. The van der Waals surface area contributed by atoms with Crippen molar-refractivity contribution in [2.45, 2.75) is 19.8 Å². The van der Waals surface area contributed by atoms with Gasteiger partial charge in [0.2, 0.25) is 0 Å². The number of nitrogens with one attached hydrogen (secondary N) is 1. The van der Waals surface area contributed by atoms with Crippen LogP contribution in [0.2, 0.25) is 0 Å². The van der Waals surface area contributed by atoms with Crippen molar-refractivity contribution in [2.75, 3.05) is 19.7 Å². The van der Waals surface area contributed by atoms with Gasteiger partial charge >= 0.3 is 5.97 Å². The number of piperidine rings is 1. The van der Waals surface area contributed by atoms with Crippen LogP contribution >= 0.6 is 0 Å². The molecular weight excluding hydrogens is 166 g/mol. The second-order valence-electron chi connectivity index (χ2n) is 3.57. The average Bonchev–Trinajstić information content (AvgIpc) is 2.15. The number of rotatable bonds is 3. The molecule has 1 rings (SSSR count). The van der Waals surface area contributed by atoms with Crippen LogP contribution in [0, 0.1) is 5.92 Å². The molecule has 1 saturated heterocycles. The molecule has 0 spiro atoms. The van der Waals surface area contributed by atoms with E-state index in [0.29, 0.717) is 18.1 Å². The van der Waals surface area contributed by atoms with Gasteiger partial charge in [-0.25, -0.2) is 4.79 Å². The molecule has 1 aliphatic heterocycles. The van der Waals surface area contributed by atoms with Crippen molar-refractivity contribution in [3.05, 3.63) is 12.2 Å². The van der Waals surface area contributed by atoms with Crippen LogP contribution in [0.15, 0.2) is 12.2 Å². The van der Waals surface area contributed by atoms with Crippen LogP contribution in [0.25, 0.3) is 0 Å². The van der Waals surface area contributed by atoms with Crippen LogP contribution in [0.4, 0.5) is 0 Å². The molecule has 1 N–H and O–H groups in total. The van der Waals surface area contributed by atoms with E-state index in [0.717, 1.165) is 25.9 Å². The van der Waals surface area contributed by atoms with E-state index < -0.39 is 0 Å². The summed E-state index contributed by atoms with van der Waals surface area (Å²) in [5.41, 5.74) is 0.480. The molecule has 0 aromatic carbocycles. The zero-order valence-electron chi connectivity index (χ0n) is 8.14. The fraction of sp³-hybridized carbons (Fsp3) is 0.700. The highest BCUT2D eigenvalue weighted by Crippen LogP contribution is 2.12. The monoisotopic (exact) mass is 183 g/mol. The number of hydrogen-bond donors (Lipinski definition) is 1. The molecule has 74 valence electrons. The van der Waals surface area contributed by atoms with Crippen LogP contribution in [-0.4, -0.2) is 25.7 Å². The summed E-state index contributed by atoms with van der Waals surface area (Å²) in [6.07, 6.45) is 2.20. The zero-order valence-corrected chi connectivity index (χ0v) is 8.14. The minimum atomic E-state index is -0.265. The predicted molar refractivity (Wildman–Crippen MR) is 51.4 cm³/mol. The zero-order chi connectivity index (χ0) is 9.68. The van der Waals surface area contributed by atoms with Gasteiger partial charge < -0.3 is 10.1 Å². The first-order valence-corrected chi connectivity index (χ1v) is 4.73. The van der Waals surface area contributed by atoms with E-state index in [4.69, 9.17) is 4.74 Å². The maximum Gasteiger partial charge on any atom is 0.333 e. The van der Waals surface area contributed by atoms with Crippen molar-refractivity contribution in [3.8, 4) is 0 Å². The molecular formula is C10H17NO2. The van der Waals surface area contributed by atoms with Gasteiger partial charge in [-0.05, 0) is 38.8 Å². The SMILES string of the molecule is C=C(C)C(=O)OCC1CCNCC1. The first-order chi connectivity index (χ1) is 6.20. The van der Waals surface area contributed by atoms with Gasteiger partial charge in [0.15, 0.2) is 0 Å². The molecule has 3 heteroatoms. The van der Waals surface area contributed by atoms with Gasteiger partial charge in [0.05, 0.1) is 6.61 Å². The maximum atomic E-state index is 11.0. The van der Waals surface area contributed by atoms with E-state index >= 15 is 0 Å². The Hall–Kier alpha value is -0.830. The minimum absolute atomic E-state index is 0.265. The number of ether oxygens (including phenoxy) is 1. The normalized spacial score (nSPS) is 18.2. The molecule has 1 heterocycles. The van der Waals surface area contributed by atoms with Crippen molar-refractivity contribution in [1.82, 2.24) is 5.32 Å². The maximum absolute atomic E-state index is 11.0. The van der Waals surface area contributed by atoms with E-state index in [-0.39, 0.29) is 5.97 Å². The third-order valence-electron chi connectivity index (χ3n) is 2.26. The average molecular weight is 183 g/mol. The van der Waals surface area contributed by atoms with Crippen LogP contribution < -0.4 is 5.32 Å². The van der Waals surface area contributed by atoms with Gasteiger partial charge in [-0.1, -0.05) is 6.58 Å². The molecule has 0 unspecified atom stereocenters. The molecule has 0 aromatic heterocycles. The molecule has 1 aliphatic rings. The molecule has 0 amide bonds. The molecule has 0 saturated carbocycles. The van der Waals surface area contributed by atoms with Crippen LogP contribution in [0.5, 0.6) is 0 Å². The molecule has 0 aromatic rings. The van der Waals surface area contributed by atoms with Gasteiger partial charge in [0.25, 0.3) is 0 Å². The van der Waals surface area contributed by atoms with Gasteiger partial charge in [-0.3, -0.25) is 0 Å². The Morgan fingerprint density at radius 2 is 2.15 bits per heavy atom. The Morgan fingerprint density at radius 3 is 2.69 bits per heavy atom. The summed E-state index contributed by atoms with van der Waals surface area (Å²) >= 11 is 0. The van der Waals surface area contributed by atoms with Crippen molar-refractivity contribution in [3.63, 3.8) is 0 Å². The van der Waals surface area contributed by atoms with Crippen molar-refractivity contribution in [2.24, 2.45) is 5.92 Å². The van der Waals surface area contributed by atoms with Crippen molar-refractivity contribution < 1.29 is 9.53 Å². The summed E-state index contributed by atoms with van der Waals surface area (Å²) in [6.45, 7) is 7.83. The molecule has 0 atom stereocenters. The fourth-order valence-corrected chi connectivity index (χ4v) is 1.37. The van der Waals surface area contributed by atoms with Crippen LogP contribution in [0.3, 0.4) is 0 Å². The topological polar surface area (TPSA) is 38.3 Å². The summed E-state index contributed by atoms with van der Waals surface area (Å²) in [5.74, 6) is 0.267. The molecule has 13 heavy (non-hydrogen) atoms. The highest BCUT2D eigenvalue weighted by atomic mass is 16.5. The smallest absolute Gasteiger partial charge is 0.333 e. The number of esters is 1. The fourth-order valence-electron chi connectivity index (χ4n) is 1.37. The van der Waals surface area contributed by atoms with Crippen molar-refractivity contribution in [1.29, 1.82) is 0 Å². The highest BCUT2D eigenvalue weighted by molar-refractivity contribution is 5.86. The first kappa shape index (κ1) is 10.3. The van der Waals surface area contributed by atoms with Crippen LogP contribution in [-0.2, 0) is 9.53 Å². The standard InChI is InChI=1S/C10H17NO2/c1-8(2)10(12)13-7-9-3-5-11-6-4-9/h9,11H,1,3-7H2,2H3. The Labute approximate surface area is 79.2 Å². The number of hydrogen-bond acceptors (Lipinski definition) is 3. The second kappa shape index (κ2) is 5.02. The molecule has 3 nitrogen and oxygen atoms in total. The Balaban J connectivity index is 2.17. The highest BCUT2D eigenvalue weighted by Gasteiger charge is 2.14. The van der Waals surface area contributed by atoms with Gasteiger partial charge in [0.1, 0.15) is 0 Å². The van der Waals surface area contributed by atoms with E-state index in [1.807, 2.05) is 0 Å². The quantitative estimate of drug-likeness (QED) is 0.526. The lowest BCUT2D eigenvalue weighted by molar-refractivity contribution is -0.140. The minimum Gasteiger partial charge on any atom is -0.462 e. The lowest BCUT2D eigenvalue weighted by atomic mass is 9.99. The third kappa shape index (κ3) is 3.59. The lowest BCUT2D eigenvalue weighted by Gasteiger charge is -2.21. The second-order valence-corrected chi connectivity index (χ2v) is 3.57. The third-order valence-corrected chi connectivity index (χ3v) is 2.26. The first-order valence-electron chi connectivity index (χ1n) is 4.73. The van der Waals surface area contributed by atoms with E-state index in [9.17, 15) is 4.79 Å². The molecule has 1 fully saturated rings. The van der Waals surface area contributed by atoms with E-state index in [2.05, 4.69) is 11.9 Å². The molecule has 0 aliphatic carbocycles. The Kier molecular flexibility index (Phi) is 3.96. The summed E-state index contributed by atoms with van der Waals surface area (Å²) in [6, 6.07) is 0. The summed E-state index contributed by atoms with van der Waals surface area (Å²) in [5, 5.41) is 3.27. The van der Waals surface area contributed by atoms with E-state index in [1.54, 1.807) is 6.92 Å². The molecule has 0 bridgehead atoms. The largest absolute Gasteiger partial charge is 0.462 e. The van der Waals surface area contributed by atoms with Gasteiger partial charge in [-0.15, -0.1) is 0 Å². The Bertz CT molecular complexity index is 195. The van der Waals surface area contributed by atoms with Gasteiger partial charge in [0, 0.05) is 5.57 Å². The number of carbonyl (C=O) groups is 1. The summed E-state index contributed by atoms with van der Waals surface area (Å²) in [7, 11) is 0. The molecule has 0 radical (unpaired) electrons. The predicted octanol–water partition coefficient (Wildman–Crippen LogP) is 1.11. The van der Waals surface area contributed by atoms with E-state index in [1.165, 1.54) is 0 Å². The van der Waals surface area contributed by atoms with Crippen molar-refractivity contribution >= 4 is 5.97 Å². The number of carbonyl (C=O) groups excluding carboxylic acids is 1.